The summed E-state index contributed by atoms with van der Waals surface area (Å²) in [5.74, 6) is -0.743. The number of hydrogen-bond donors (Lipinski definition) is 0. The standard InChI is InChI=1S/C19H22N4O3S/c1-6-26-15(24)10-23-14-8-11(2)7-12(3)17(14)27-19(23)21-18(25)16-13(4)9-20-22(16)5/h7-9H,6,10H2,1-5H3. The molecule has 142 valence electrons. The highest BCUT2D eigenvalue weighted by Crippen LogP contribution is 2.23. The predicted octanol–water partition coefficient (Wildman–Crippen LogP) is 2.67. The van der Waals surface area contributed by atoms with Gasteiger partial charge in [0.1, 0.15) is 12.2 Å². The Bertz CT molecular complexity index is 1080. The average molecular weight is 386 g/mol. The molecule has 7 nitrogen and oxygen atoms in total. The van der Waals surface area contributed by atoms with Crippen molar-refractivity contribution in [1.82, 2.24) is 14.3 Å². The number of aryl methyl sites for hydroxylation is 4. The van der Waals surface area contributed by atoms with E-state index in [4.69, 9.17) is 4.74 Å². The second kappa shape index (κ2) is 7.48. The second-order valence-electron chi connectivity index (χ2n) is 6.42. The number of nitrogens with zero attached hydrogens (tertiary/aromatic N) is 4. The molecule has 0 spiro atoms. The van der Waals surface area contributed by atoms with Crippen molar-refractivity contribution in [3.05, 3.63) is 45.5 Å². The highest BCUT2D eigenvalue weighted by molar-refractivity contribution is 7.16. The van der Waals surface area contributed by atoms with Crippen molar-refractivity contribution in [2.45, 2.75) is 34.2 Å². The maximum atomic E-state index is 12.8. The SMILES string of the molecule is CCOC(=O)Cn1c(=NC(=O)c2c(C)cnn2C)sc2c(C)cc(C)cc21. The van der Waals surface area contributed by atoms with E-state index >= 15 is 0 Å². The second-order valence-corrected chi connectivity index (χ2v) is 7.40. The summed E-state index contributed by atoms with van der Waals surface area (Å²) in [7, 11) is 1.71. The lowest BCUT2D eigenvalue weighted by atomic mass is 10.1. The van der Waals surface area contributed by atoms with Crippen molar-refractivity contribution in [3.63, 3.8) is 0 Å². The van der Waals surface area contributed by atoms with Crippen LogP contribution in [0.15, 0.2) is 23.3 Å². The molecule has 27 heavy (non-hydrogen) atoms. The minimum Gasteiger partial charge on any atom is -0.465 e. The van der Waals surface area contributed by atoms with Gasteiger partial charge in [-0.1, -0.05) is 17.4 Å². The average Bonchev–Trinajstić information content (AvgIpc) is 3.09. The number of aromatic nitrogens is 3. The Kier molecular flexibility index (Phi) is 5.27. The maximum absolute atomic E-state index is 12.8. The third-order valence-electron chi connectivity index (χ3n) is 4.23. The molecule has 0 N–H and O–H groups in total. The molecule has 3 rings (SSSR count). The monoisotopic (exact) mass is 386 g/mol. The summed E-state index contributed by atoms with van der Waals surface area (Å²) >= 11 is 1.39. The van der Waals surface area contributed by atoms with Crippen LogP contribution < -0.4 is 4.80 Å². The molecule has 0 unspecified atom stereocenters. The zero-order valence-electron chi connectivity index (χ0n) is 16.1. The number of fused-ring (bicyclic) bond motifs is 1. The van der Waals surface area contributed by atoms with Crippen molar-refractivity contribution in [2.24, 2.45) is 12.0 Å². The van der Waals surface area contributed by atoms with E-state index in [2.05, 4.69) is 16.2 Å². The summed E-state index contributed by atoms with van der Waals surface area (Å²) in [6.07, 6.45) is 1.63. The van der Waals surface area contributed by atoms with Gasteiger partial charge in [0, 0.05) is 12.6 Å². The zero-order chi connectivity index (χ0) is 19.7. The first kappa shape index (κ1) is 19.0. The highest BCUT2D eigenvalue weighted by Gasteiger charge is 2.17. The number of thiazole rings is 1. The Morgan fingerprint density at radius 2 is 1.96 bits per heavy atom. The molecule has 0 atom stereocenters. The molecule has 1 aromatic carbocycles. The number of esters is 1. The van der Waals surface area contributed by atoms with E-state index < -0.39 is 0 Å². The van der Waals surface area contributed by atoms with E-state index in [9.17, 15) is 9.59 Å². The summed E-state index contributed by atoms with van der Waals surface area (Å²) in [5.41, 5.74) is 4.23. The van der Waals surface area contributed by atoms with Crippen molar-refractivity contribution >= 4 is 33.4 Å². The van der Waals surface area contributed by atoms with Gasteiger partial charge in [-0.25, -0.2) is 0 Å². The normalized spacial score (nSPS) is 12.0. The summed E-state index contributed by atoms with van der Waals surface area (Å²) < 4.78 is 9.36. The van der Waals surface area contributed by atoms with Gasteiger partial charge in [-0.2, -0.15) is 10.1 Å². The van der Waals surface area contributed by atoms with Crippen LogP contribution in [0.1, 0.15) is 34.1 Å². The van der Waals surface area contributed by atoms with Crippen LogP contribution in [0.25, 0.3) is 10.2 Å². The molecule has 0 aliphatic rings. The Morgan fingerprint density at radius 3 is 2.59 bits per heavy atom. The van der Waals surface area contributed by atoms with E-state index in [1.54, 1.807) is 24.7 Å². The van der Waals surface area contributed by atoms with Crippen molar-refractivity contribution in [2.75, 3.05) is 6.61 Å². The van der Waals surface area contributed by atoms with Crippen LogP contribution in [0.4, 0.5) is 0 Å². The van der Waals surface area contributed by atoms with Gasteiger partial charge in [-0.15, -0.1) is 0 Å². The summed E-state index contributed by atoms with van der Waals surface area (Å²) in [4.78, 5) is 29.7. The van der Waals surface area contributed by atoms with Gasteiger partial charge in [0.25, 0.3) is 5.91 Å². The first-order valence-corrected chi connectivity index (χ1v) is 9.47. The first-order valence-electron chi connectivity index (χ1n) is 8.65. The molecular weight excluding hydrogens is 364 g/mol. The van der Waals surface area contributed by atoms with Gasteiger partial charge in [0.2, 0.25) is 0 Å². The highest BCUT2D eigenvalue weighted by atomic mass is 32.1. The number of ether oxygens (including phenoxy) is 1. The quantitative estimate of drug-likeness (QED) is 0.646. The maximum Gasteiger partial charge on any atom is 0.326 e. The van der Waals surface area contributed by atoms with Crippen LogP contribution in [0, 0.1) is 20.8 Å². The minimum atomic E-state index is -0.383. The number of carbonyl (C=O) groups excluding carboxylic acids is 2. The Morgan fingerprint density at radius 1 is 1.22 bits per heavy atom. The van der Waals surface area contributed by atoms with Gasteiger partial charge >= 0.3 is 5.97 Å². The fraction of sp³-hybridized carbons (Fsp3) is 0.368. The van der Waals surface area contributed by atoms with E-state index in [0.717, 1.165) is 26.9 Å². The molecule has 8 heteroatoms. The molecule has 0 aliphatic heterocycles. The Labute approximate surface area is 160 Å². The summed E-state index contributed by atoms with van der Waals surface area (Å²) in [6, 6.07) is 4.07. The smallest absolute Gasteiger partial charge is 0.326 e. The lowest BCUT2D eigenvalue weighted by molar-refractivity contribution is -0.143. The van der Waals surface area contributed by atoms with E-state index in [1.807, 2.05) is 26.8 Å². The van der Waals surface area contributed by atoms with Gasteiger partial charge in [0.15, 0.2) is 4.80 Å². The molecule has 3 aromatic rings. The van der Waals surface area contributed by atoms with Crippen molar-refractivity contribution in [3.8, 4) is 0 Å². The number of amides is 1. The van der Waals surface area contributed by atoms with Crippen molar-refractivity contribution < 1.29 is 14.3 Å². The van der Waals surface area contributed by atoms with Gasteiger partial charge in [-0.05, 0) is 44.9 Å². The number of carbonyl (C=O) groups is 2. The molecule has 0 fully saturated rings. The van der Waals surface area contributed by atoms with Crippen LogP contribution in [0.5, 0.6) is 0 Å². The van der Waals surface area contributed by atoms with Crippen LogP contribution in [-0.2, 0) is 23.1 Å². The Hall–Kier alpha value is -2.74. The number of benzene rings is 1. The molecular formula is C19H22N4O3S. The molecule has 2 heterocycles. The van der Waals surface area contributed by atoms with E-state index in [1.165, 1.54) is 16.0 Å². The van der Waals surface area contributed by atoms with Crippen molar-refractivity contribution in [1.29, 1.82) is 0 Å². The van der Waals surface area contributed by atoms with E-state index in [0.29, 0.717) is 17.1 Å². The van der Waals surface area contributed by atoms with Crippen LogP contribution in [-0.4, -0.2) is 32.8 Å². The van der Waals surface area contributed by atoms with Gasteiger partial charge in [-0.3, -0.25) is 14.3 Å². The molecule has 1 amide bonds. The third-order valence-corrected chi connectivity index (χ3v) is 5.46. The molecule has 2 aromatic heterocycles. The topological polar surface area (TPSA) is 78.5 Å². The van der Waals surface area contributed by atoms with E-state index in [-0.39, 0.29) is 18.4 Å². The largest absolute Gasteiger partial charge is 0.465 e. The Balaban J connectivity index is 2.20. The van der Waals surface area contributed by atoms with Gasteiger partial charge < -0.3 is 9.30 Å². The van der Waals surface area contributed by atoms with Gasteiger partial charge in [0.05, 0.1) is 23.0 Å². The summed E-state index contributed by atoms with van der Waals surface area (Å²) in [6.45, 7) is 7.91. The molecule has 0 bridgehead atoms. The fourth-order valence-corrected chi connectivity index (χ4v) is 4.16. The number of rotatable bonds is 4. The number of hydrogen-bond acceptors (Lipinski definition) is 5. The molecule has 0 radical (unpaired) electrons. The predicted molar refractivity (Wildman–Crippen MR) is 104 cm³/mol. The minimum absolute atomic E-state index is 0.00716. The summed E-state index contributed by atoms with van der Waals surface area (Å²) in [5, 5.41) is 4.10. The molecule has 0 saturated carbocycles. The van der Waals surface area contributed by atoms with Crippen LogP contribution in [0.2, 0.25) is 0 Å². The third kappa shape index (κ3) is 3.71. The zero-order valence-corrected chi connectivity index (χ0v) is 16.9. The molecule has 0 saturated heterocycles. The van der Waals surface area contributed by atoms with Crippen LogP contribution >= 0.6 is 11.3 Å². The first-order chi connectivity index (χ1) is 12.8. The molecule has 0 aliphatic carbocycles. The lowest BCUT2D eigenvalue weighted by Crippen LogP contribution is -2.23. The lowest BCUT2D eigenvalue weighted by Gasteiger charge is -2.06. The van der Waals surface area contributed by atoms with Crippen LogP contribution in [0.3, 0.4) is 0 Å². The fourth-order valence-electron chi connectivity index (χ4n) is 3.08.